The lowest BCUT2D eigenvalue weighted by atomic mass is 9.82. The Bertz CT molecular complexity index is 3350. The van der Waals surface area contributed by atoms with Gasteiger partial charge in [-0.15, -0.1) is 0 Å². The van der Waals surface area contributed by atoms with Crippen molar-refractivity contribution in [1.29, 1.82) is 0 Å². The molecule has 266 valence electrons. The van der Waals surface area contributed by atoms with E-state index in [2.05, 4.69) is 166 Å². The van der Waals surface area contributed by atoms with Crippen molar-refractivity contribution in [3.63, 3.8) is 0 Å². The number of hydrogen-bond acceptors (Lipinski definition) is 2. The van der Waals surface area contributed by atoms with Crippen molar-refractivity contribution in [2.45, 2.75) is 19.3 Å². The monoisotopic (exact) mass is 726 g/mol. The molecule has 0 atom stereocenters. The Hall–Kier alpha value is -7.30. The van der Waals surface area contributed by atoms with Crippen LogP contribution >= 0.6 is 0 Å². The van der Waals surface area contributed by atoms with Crippen LogP contribution in [-0.4, -0.2) is 19.1 Å². The maximum Gasteiger partial charge on any atom is 0.0553 e. The molecule has 0 unspecified atom stereocenters. The highest BCUT2D eigenvalue weighted by atomic mass is 15.0. The fourth-order valence-electron chi connectivity index (χ4n) is 10.3. The van der Waals surface area contributed by atoms with Crippen molar-refractivity contribution in [2.75, 3.05) is 0 Å². The Labute approximate surface area is 328 Å². The molecule has 0 saturated heterocycles. The molecular formula is C53H34N4. The fraction of sp³-hybridized carbons (Fsp3) is 0.0566. The Balaban J connectivity index is 1.00. The van der Waals surface area contributed by atoms with E-state index in [-0.39, 0.29) is 5.41 Å². The van der Waals surface area contributed by atoms with Gasteiger partial charge in [-0.25, -0.2) is 0 Å². The van der Waals surface area contributed by atoms with Gasteiger partial charge in [-0.2, -0.15) is 0 Å². The van der Waals surface area contributed by atoms with E-state index in [0.29, 0.717) is 0 Å². The molecule has 4 nitrogen and oxygen atoms in total. The number of rotatable bonds is 4. The molecule has 0 aliphatic heterocycles. The summed E-state index contributed by atoms with van der Waals surface area (Å²) in [4.78, 5) is 8.91. The number of fused-ring (bicyclic) bond motifs is 3. The van der Waals surface area contributed by atoms with Gasteiger partial charge in [0, 0.05) is 74.2 Å². The molecular weight excluding hydrogens is 693 g/mol. The van der Waals surface area contributed by atoms with E-state index in [1.807, 2.05) is 36.9 Å². The van der Waals surface area contributed by atoms with Gasteiger partial charge < -0.3 is 9.13 Å². The lowest BCUT2D eigenvalue weighted by molar-refractivity contribution is 0.659. The molecule has 4 heteroatoms. The van der Waals surface area contributed by atoms with Crippen LogP contribution in [0.4, 0.5) is 0 Å². The maximum absolute atomic E-state index is 4.45. The Morgan fingerprint density at radius 2 is 0.842 bits per heavy atom. The zero-order chi connectivity index (χ0) is 37.6. The van der Waals surface area contributed by atoms with Crippen molar-refractivity contribution in [3.05, 3.63) is 182 Å². The molecule has 0 radical (unpaired) electrons. The molecule has 12 aromatic rings. The highest BCUT2D eigenvalue weighted by Gasteiger charge is 2.36. The SMILES string of the molecule is CC1(C)c2cc(-n3c4cccc5ccc6cc(-c7cccnc7)cc3c6c54)ccc2-c2ccc(-n3c4cccc5ccc6cc(-c7cccnc7)cc3c6c54)cc21. The summed E-state index contributed by atoms with van der Waals surface area (Å²) in [5, 5.41) is 10.3. The summed E-state index contributed by atoms with van der Waals surface area (Å²) in [6, 6.07) is 54.4. The molecule has 4 aromatic heterocycles. The molecule has 0 amide bonds. The molecule has 0 N–H and O–H groups in total. The maximum atomic E-state index is 4.45. The summed E-state index contributed by atoms with van der Waals surface area (Å²) in [6.45, 7) is 4.79. The quantitative estimate of drug-likeness (QED) is 0.169. The van der Waals surface area contributed by atoms with Crippen LogP contribution in [0.15, 0.2) is 170 Å². The van der Waals surface area contributed by atoms with Crippen molar-refractivity contribution in [3.8, 4) is 44.8 Å². The number of aromatic nitrogens is 4. The minimum Gasteiger partial charge on any atom is -0.309 e. The third-order valence-electron chi connectivity index (χ3n) is 12.9. The lowest BCUT2D eigenvalue weighted by Crippen LogP contribution is -2.16. The van der Waals surface area contributed by atoms with E-state index in [4.69, 9.17) is 0 Å². The summed E-state index contributed by atoms with van der Waals surface area (Å²) in [6.07, 6.45) is 7.60. The fourth-order valence-corrected chi connectivity index (χ4v) is 10.3. The molecule has 0 saturated carbocycles. The normalized spacial score (nSPS) is 13.6. The second kappa shape index (κ2) is 10.9. The van der Waals surface area contributed by atoms with Crippen LogP contribution in [0.3, 0.4) is 0 Å². The summed E-state index contributed by atoms with van der Waals surface area (Å²) in [7, 11) is 0. The van der Waals surface area contributed by atoms with E-state index >= 15 is 0 Å². The largest absolute Gasteiger partial charge is 0.309 e. The number of hydrogen-bond donors (Lipinski definition) is 0. The van der Waals surface area contributed by atoms with Crippen LogP contribution < -0.4 is 0 Å². The summed E-state index contributed by atoms with van der Waals surface area (Å²) >= 11 is 0. The van der Waals surface area contributed by atoms with Gasteiger partial charge in [0.15, 0.2) is 0 Å². The molecule has 1 aliphatic rings. The smallest absolute Gasteiger partial charge is 0.0553 e. The topological polar surface area (TPSA) is 35.6 Å². The zero-order valence-corrected chi connectivity index (χ0v) is 31.5. The molecule has 0 fully saturated rings. The third kappa shape index (κ3) is 4.11. The van der Waals surface area contributed by atoms with Crippen LogP contribution in [0, 0.1) is 0 Å². The van der Waals surface area contributed by atoms with Crippen LogP contribution in [0.1, 0.15) is 25.0 Å². The summed E-state index contributed by atoms with van der Waals surface area (Å²) < 4.78 is 4.97. The second-order valence-electron chi connectivity index (χ2n) is 16.3. The van der Waals surface area contributed by atoms with Crippen LogP contribution in [-0.2, 0) is 5.41 Å². The van der Waals surface area contributed by atoms with Gasteiger partial charge in [-0.05, 0) is 128 Å². The van der Waals surface area contributed by atoms with Crippen LogP contribution in [0.25, 0.3) is 110 Å². The van der Waals surface area contributed by atoms with Gasteiger partial charge in [0.1, 0.15) is 0 Å². The van der Waals surface area contributed by atoms with E-state index in [0.717, 1.165) is 11.1 Å². The Morgan fingerprint density at radius 3 is 1.30 bits per heavy atom. The van der Waals surface area contributed by atoms with Crippen molar-refractivity contribution in [2.24, 2.45) is 0 Å². The minimum atomic E-state index is -0.229. The molecule has 4 heterocycles. The number of nitrogens with zero attached hydrogens (tertiary/aromatic N) is 4. The standard InChI is InChI=1S/C53H34N4/c1-53(2)43-27-39(56-45-11-3-7-31-13-15-33-23-37(35-9-5-21-54-29-35)25-47(56)51(33)49(31)45)17-19-41(43)42-20-18-40(28-44(42)53)57-46-12-4-8-32-14-16-34-24-38(36-10-6-22-55-30-36)26-48(57)52(34)50(32)46/h3-30H,1-2H3. The van der Waals surface area contributed by atoms with Crippen LogP contribution in [0.2, 0.25) is 0 Å². The van der Waals surface area contributed by atoms with Crippen LogP contribution in [0.5, 0.6) is 0 Å². The molecule has 1 aliphatic carbocycles. The average molecular weight is 727 g/mol. The first kappa shape index (κ1) is 31.0. The van der Waals surface area contributed by atoms with Crippen molar-refractivity contribution >= 4 is 65.2 Å². The predicted octanol–water partition coefficient (Wildman–Crippen LogP) is 13.5. The average Bonchev–Trinajstić information content (AvgIpc) is 3.86. The zero-order valence-electron chi connectivity index (χ0n) is 31.5. The molecule has 8 aromatic carbocycles. The summed E-state index contributed by atoms with van der Waals surface area (Å²) in [5.74, 6) is 0. The molecule has 0 bridgehead atoms. The van der Waals surface area contributed by atoms with Crippen molar-refractivity contribution < 1.29 is 0 Å². The van der Waals surface area contributed by atoms with Crippen molar-refractivity contribution in [1.82, 2.24) is 19.1 Å². The summed E-state index contributed by atoms with van der Waals surface area (Å²) in [5.41, 5.74) is 16.9. The predicted molar refractivity (Wildman–Crippen MR) is 237 cm³/mol. The number of pyridine rings is 2. The van der Waals surface area contributed by atoms with E-state index in [1.54, 1.807) is 0 Å². The second-order valence-corrected chi connectivity index (χ2v) is 16.3. The highest BCUT2D eigenvalue weighted by Crippen LogP contribution is 2.51. The third-order valence-corrected chi connectivity index (χ3v) is 12.9. The Kier molecular flexibility index (Phi) is 5.94. The van der Waals surface area contributed by atoms with Gasteiger partial charge in [0.25, 0.3) is 0 Å². The molecule has 0 spiro atoms. The van der Waals surface area contributed by atoms with Gasteiger partial charge in [0.05, 0.1) is 22.1 Å². The van der Waals surface area contributed by atoms with Gasteiger partial charge in [0.2, 0.25) is 0 Å². The minimum absolute atomic E-state index is 0.229. The van der Waals surface area contributed by atoms with E-state index in [9.17, 15) is 0 Å². The molecule has 57 heavy (non-hydrogen) atoms. The van der Waals surface area contributed by atoms with Gasteiger partial charge in [-0.1, -0.05) is 86.6 Å². The van der Waals surface area contributed by atoms with Gasteiger partial charge in [-0.3, -0.25) is 9.97 Å². The number of benzene rings is 8. The van der Waals surface area contributed by atoms with E-state index < -0.39 is 0 Å². The lowest BCUT2D eigenvalue weighted by Gasteiger charge is -2.23. The molecule has 13 rings (SSSR count). The highest BCUT2D eigenvalue weighted by molar-refractivity contribution is 6.26. The van der Waals surface area contributed by atoms with E-state index in [1.165, 1.54) is 110 Å². The first-order chi connectivity index (χ1) is 28.0. The van der Waals surface area contributed by atoms with Gasteiger partial charge >= 0.3 is 0 Å². The first-order valence-electron chi connectivity index (χ1n) is 19.7. The first-order valence-corrected chi connectivity index (χ1v) is 19.7. The Morgan fingerprint density at radius 1 is 0.386 bits per heavy atom.